The first kappa shape index (κ1) is 12.3. The van der Waals surface area contributed by atoms with Crippen LogP contribution in [0.15, 0.2) is 34.4 Å². The molecule has 5 heteroatoms. The van der Waals surface area contributed by atoms with Crippen LogP contribution in [0.4, 0.5) is 0 Å². The van der Waals surface area contributed by atoms with Crippen molar-refractivity contribution >= 4 is 33.2 Å². The van der Waals surface area contributed by atoms with Gasteiger partial charge in [-0.3, -0.25) is 9.78 Å². The number of hydrogen-bond donors (Lipinski definition) is 1. The SMILES string of the molecule is Cc1ccc(Br)cc1C(=O)NCc1cncs1. The van der Waals surface area contributed by atoms with E-state index in [2.05, 4.69) is 26.2 Å². The van der Waals surface area contributed by atoms with E-state index in [-0.39, 0.29) is 5.91 Å². The molecule has 1 N–H and O–H groups in total. The summed E-state index contributed by atoms with van der Waals surface area (Å²) in [6.07, 6.45) is 1.76. The number of amides is 1. The van der Waals surface area contributed by atoms with Crippen molar-refractivity contribution in [2.24, 2.45) is 0 Å². The van der Waals surface area contributed by atoms with E-state index in [0.29, 0.717) is 12.1 Å². The van der Waals surface area contributed by atoms with E-state index in [0.717, 1.165) is 14.9 Å². The molecule has 0 radical (unpaired) electrons. The molecule has 88 valence electrons. The van der Waals surface area contributed by atoms with Crippen molar-refractivity contribution in [3.8, 4) is 0 Å². The fraction of sp³-hybridized carbons (Fsp3) is 0.167. The lowest BCUT2D eigenvalue weighted by molar-refractivity contribution is 0.0950. The van der Waals surface area contributed by atoms with Crippen LogP contribution < -0.4 is 5.32 Å². The molecule has 1 heterocycles. The number of aryl methyl sites for hydroxylation is 1. The summed E-state index contributed by atoms with van der Waals surface area (Å²) in [5.41, 5.74) is 3.42. The van der Waals surface area contributed by atoms with Crippen molar-refractivity contribution in [3.63, 3.8) is 0 Å². The molecular formula is C12H11BrN2OS. The molecule has 0 unspecified atom stereocenters. The first-order valence-corrected chi connectivity index (χ1v) is 6.76. The topological polar surface area (TPSA) is 42.0 Å². The van der Waals surface area contributed by atoms with Gasteiger partial charge in [0.25, 0.3) is 5.91 Å². The van der Waals surface area contributed by atoms with Gasteiger partial charge < -0.3 is 5.32 Å². The third-order valence-electron chi connectivity index (χ3n) is 2.35. The number of hydrogen-bond acceptors (Lipinski definition) is 3. The lowest BCUT2D eigenvalue weighted by Crippen LogP contribution is -2.23. The normalized spacial score (nSPS) is 10.2. The quantitative estimate of drug-likeness (QED) is 0.946. The number of thiazole rings is 1. The fourth-order valence-electron chi connectivity index (χ4n) is 1.43. The van der Waals surface area contributed by atoms with Crippen LogP contribution in [0.25, 0.3) is 0 Å². The molecule has 0 atom stereocenters. The Morgan fingerprint density at radius 1 is 1.53 bits per heavy atom. The zero-order valence-corrected chi connectivity index (χ0v) is 11.6. The molecule has 2 rings (SSSR count). The van der Waals surface area contributed by atoms with E-state index in [9.17, 15) is 4.79 Å². The second-order valence-corrected chi connectivity index (χ2v) is 5.50. The Morgan fingerprint density at radius 3 is 3.06 bits per heavy atom. The van der Waals surface area contributed by atoms with E-state index >= 15 is 0 Å². The molecule has 0 aliphatic heterocycles. The monoisotopic (exact) mass is 310 g/mol. The lowest BCUT2D eigenvalue weighted by Gasteiger charge is -2.07. The summed E-state index contributed by atoms with van der Waals surface area (Å²) in [4.78, 5) is 17.0. The highest BCUT2D eigenvalue weighted by Gasteiger charge is 2.09. The zero-order chi connectivity index (χ0) is 12.3. The summed E-state index contributed by atoms with van der Waals surface area (Å²) in [5, 5.41) is 2.88. The van der Waals surface area contributed by atoms with E-state index in [1.807, 2.05) is 25.1 Å². The Balaban J connectivity index is 2.07. The van der Waals surface area contributed by atoms with Crippen molar-refractivity contribution < 1.29 is 4.79 Å². The van der Waals surface area contributed by atoms with Crippen LogP contribution in [0.1, 0.15) is 20.8 Å². The zero-order valence-electron chi connectivity index (χ0n) is 9.24. The van der Waals surface area contributed by atoms with Crippen LogP contribution in [0.2, 0.25) is 0 Å². The smallest absolute Gasteiger partial charge is 0.251 e. The summed E-state index contributed by atoms with van der Waals surface area (Å²) in [5.74, 6) is -0.0581. The number of aromatic nitrogens is 1. The second-order valence-electron chi connectivity index (χ2n) is 3.61. The minimum absolute atomic E-state index is 0.0581. The van der Waals surface area contributed by atoms with Crippen molar-refractivity contribution in [1.82, 2.24) is 10.3 Å². The van der Waals surface area contributed by atoms with Crippen LogP contribution in [0.3, 0.4) is 0 Å². The van der Waals surface area contributed by atoms with E-state index in [1.165, 1.54) is 11.3 Å². The van der Waals surface area contributed by atoms with Crippen molar-refractivity contribution in [2.75, 3.05) is 0 Å². The summed E-state index contributed by atoms with van der Waals surface area (Å²) < 4.78 is 0.908. The molecular weight excluding hydrogens is 300 g/mol. The fourth-order valence-corrected chi connectivity index (χ4v) is 2.33. The van der Waals surface area contributed by atoms with Gasteiger partial charge in [-0.2, -0.15) is 0 Å². The molecule has 0 aliphatic carbocycles. The lowest BCUT2D eigenvalue weighted by atomic mass is 10.1. The van der Waals surface area contributed by atoms with E-state index in [4.69, 9.17) is 0 Å². The Morgan fingerprint density at radius 2 is 2.35 bits per heavy atom. The van der Waals surface area contributed by atoms with Gasteiger partial charge in [0.2, 0.25) is 0 Å². The van der Waals surface area contributed by atoms with Crippen LogP contribution >= 0.6 is 27.3 Å². The summed E-state index contributed by atoms with van der Waals surface area (Å²) in [6, 6.07) is 5.68. The van der Waals surface area contributed by atoms with Crippen LogP contribution in [0, 0.1) is 6.92 Å². The summed E-state index contributed by atoms with van der Waals surface area (Å²) >= 11 is 4.90. The molecule has 2 aromatic rings. The minimum Gasteiger partial charge on any atom is -0.347 e. The van der Waals surface area contributed by atoms with Gasteiger partial charge in [-0.25, -0.2) is 0 Å². The van der Waals surface area contributed by atoms with Crippen LogP contribution in [0.5, 0.6) is 0 Å². The standard InChI is InChI=1S/C12H11BrN2OS/c1-8-2-3-9(13)4-11(8)12(16)15-6-10-5-14-7-17-10/h2-5,7H,6H2,1H3,(H,15,16). The number of carbonyl (C=O) groups is 1. The maximum Gasteiger partial charge on any atom is 0.251 e. The number of benzene rings is 1. The van der Waals surface area contributed by atoms with E-state index in [1.54, 1.807) is 11.7 Å². The van der Waals surface area contributed by atoms with Gasteiger partial charge in [0.05, 0.1) is 12.1 Å². The van der Waals surface area contributed by atoms with Gasteiger partial charge in [-0.05, 0) is 24.6 Å². The molecule has 0 spiro atoms. The number of carbonyl (C=O) groups excluding carboxylic acids is 1. The first-order chi connectivity index (χ1) is 8.16. The van der Waals surface area contributed by atoms with Crippen molar-refractivity contribution in [1.29, 1.82) is 0 Å². The average molecular weight is 311 g/mol. The minimum atomic E-state index is -0.0581. The van der Waals surface area contributed by atoms with Gasteiger partial charge in [-0.1, -0.05) is 22.0 Å². The molecule has 1 aromatic carbocycles. The Kier molecular flexibility index (Phi) is 3.91. The molecule has 0 saturated heterocycles. The Bertz CT molecular complexity index is 525. The summed E-state index contributed by atoms with van der Waals surface area (Å²) in [7, 11) is 0. The van der Waals surface area contributed by atoms with E-state index < -0.39 is 0 Å². The number of nitrogens with zero attached hydrogens (tertiary/aromatic N) is 1. The predicted octanol–water partition coefficient (Wildman–Crippen LogP) is 3.14. The number of halogens is 1. The Labute approximate surface area is 112 Å². The largest absolute Gasteiger partial charge is 0.347 e. The predicted molar refractivity (Wildman–Crippen MR) is 72.2 cm³/mol. The highest BCUT2D eigenvalue weighted by atomic mass is 79.9. The maximum absolute atomic E-state index is 12.0. The third kappa shape index (κ3) is 3.14. The molecule has 1 aromatic heterocycles. The summed E-state index contributed by atoms with van der Waals surface area (Å²) in [6.45, 7) is 2.45. The van der Waals surface area contributed by atoms with Gasteiger partial charge in [0.1, 0.15) is 0 Å². The van der Waals surface area contributed by atoms with Crippen molar-refractivity contribution in [3.05, 3.63) is 50.4 Å². The third-order valence-corrected chi connectivity index (χ3v) is 3.62. The molecule has 17 heavy (non-hydrogen) atoms. The van der Waals surface area contributed by atoms with Gasteiger partial charge in [-0.15, -0.1) is 11.3 Å². The highest BCUT2D eigenvalue weighted by Crippen LogP contribution is 2.16. The highest BCUT2D eigenvalue weighted by molar-refractivity contribution is 9.10. The van der Waals surface area contributed by atoms with Crippen LogP contribution in [-0.2, 0) is 6.54 Å². The number of rotatable bonds is 3. The molecule has 0 saturated carbocycles. The average Bonchev–Trinajstić information content (AvgIpc) is 2.82. The molecule has 0 aliphatic rings. The number of nitrogens with one attached hydrogen (secondary N) is 1. The molecule has 1 amide bonds. The Hall–Kier alpha value is -1.20. The first-order valence-electron chi connectivity index (χ1n) is 5.08. The van der Waals surface area contributed by atoms with Crippen molar-refractivity contribution in [2.45, 2.75) is 13.5 Å². The van der Waals surface area contributed by atoms with Gasteiger partial charge >= 0.3 is 0 Å². The van der Waals surface area contributed by atoms with Gasteiger partial charge in [0.15, 0.2) is 0 Å². The second kappa shape index (κ2) is 5.42. The molecule has 0 bridgehead atoms. The van der Waals surface area contributed by atoms with Crippen LogP contribution in [-0.4, -0.2) is 10.9 Å². The maximum atomic E-state index is 12.0. The molecule has 0 fully saturated rings. The molecule has 3 nitrogen and oxygen atoms in total. The van der Waals surface area contributed by atoms with Gasteiger partial charge in [0, 0.05) is 21.1 Å².